The van der Waals surface area contributed by atoms with E-state index in [9.17, 15) is 0 Å². The van der Waals surface area contributed by atoms with E-state index in [-0.39, 0.29) is 0 Å². The van der Waals surface area contributed by atoms with E-state index in [1.807, 2.05) is 11.3 Å². The zero-order valence-corrected chi connectivity index (χ0v) is 10.8. The summed E-state index contributed by atoms with van der Waals surface area (Å²) >= 11 is 1.97. The second-order valence-corrected chi connectivity index (χ2v) is 5.92. The van der Waals surface area contributed by atoms with Gasteiger partial charge in [0, 0.05) is 9.75 Å². The first-order chi connectivity index (χ1) is 6.56. The highest BCUT2D eigenvalue weighted by Gasteiger charge is 2.22. The molecule has 0 radical (unpaired) electrons. The Morgan fingerprint density at radius 3 is 2.21 bits per heavy atom. The van der Waals surface area contributed by atoms with Crippen molar-refractivity contribution in [2.75, 3.05) is 0 Å². The lowest BCUT2D eigenvalue weighted by molar-refractivity contribution is 0.361. The zero-order chi connectivity index (χ0) is 10.7. The normalized spacial score (nSPS) is 15.9. The fraction of sp³-hybridized carbons (Fsp3) is 0.692. The summed E-state index contributed by atoms with van der Waals surface area (Å²) in [5.41, 5.74) is 0. The molecule has 1 aromatic rings. The van der Waals surface area contributed by atoms with Gasteiger partial charge in [-0.1, -0.05) is 34.1 Å². The van der Waals surface area contributed by atoms with Gasteiger partial charge < -0.3 is 0 Å². The first-order valence-corrected chi connectivity index (χ1v) is 6.44. The van der Waals surface area contributed by atoms with Crippen LogP contribution in [0.1, 0.15) is 49.8 Å². The van der Waals surface area contributed by atoms with Crippen LogP contribution in [-0.4, -0.2) is 0 Å². The van der Waals surface area contributed by atoms with Crippen LogP contribution in [0.4, 0.5) is 0 Å². The Morgan fingerprint density at radius 1 is 1.21 bits per heavy atom. The van der Waals surface area contributed by atoms with Crippen LogP contribution in [0, 0.1) is 18.8 Å². The summed E-state index contributed by atoms with van der Waals surface area (Å²) < 4.78 is 0. The summed E-state index contributed by atoms with van der Waals surface area (Å²) in [6, 6.07) is 4.56. The molecule has 1 aromatic heterocycles. The largest absolute Gasteiger partial charge is 0.145 e. The van der Waals surface area contributed by atoms with Gasteiger partial charge in [0.2, 0.25) is 0 Å². The molecule has 80 valence electrons. The maximum absolute atomic E-state index is 2.37. The van der Waals surface area contributed by atoms with Crippen LogP contribution in [0.15, 0.2) is 12.1 Å². The predicted octanol–water partition coefficient (Wildman–Crippen LogP) is 4.84. The van der Waals surface area contributed by atoms with E-state index < -0.39 is 0 Å². The van der Waals surface area contributed by atoms with Gasteiger partial charge in [-0.05, 0) is 36.8 Å². The average Bonchev–Trinajstić information content (AvgIpc) is 2.51. The third kappa shape index (κ3) is 2.60. The molecule has 0 aliphatic rings. The molecule has 0 aliphatic heterocycles. The highest BCUT2D eigenvalue weighted by atomic mass is 32.1. The van der Waals surface area contributed by atoms with E-state index in [0.29, 0.717) is 0 Å². The number of rotatable bonds is 4. The average molecular weight is 210 g/mol. The summed E-state index contributed by atoms with van der Waals surface area (Å²) in [7, 11) is 0. The lowest BCUT2D eigenvalue weighted by Gasteiger charge is -2.25. The standard InChI is InChI=1S/C13H22S/c1-6-10(4)13(9(2)3)12-8-7-11(5)14-12/h7-10,13H,6H2,1-5H3. The maximum atomic E-state index is 2.37. The second-order valence-electron chi connectivity index (χ2n) is 4.60. The third-order valence-corrected chi connectivity index (χ3v) is 4.17. The fourth-order valence-corrected chi connectivity index (χ4v) is 3.44. The van der Waals surface area contributed by atoms with Crippen LogP contribution in [0.25, 0.3) is 0 Å². The van der Waals surface area contributed by atoms with Gasteiger partial charge in [-0.2, -0.15) is 0 Å². The van der Waals surface area contributed by atoms with Crippen molar-refractivity contribution < 1.29 is 0 Å². The highest BCUT2D eigenvalue weighted by Crippen LogP contribution is 2.37. The van der Waals surface area contributed by atoms with E-state index >= 15 is 0 Å². The van der Waals surface area contributed by atoms with Crippen LogP contribution >= 0.6 is 11.3 Å². The molecule has 1 rings (SSSR count). The van der Waals surface area contributed by atoms with Gasteiger partial charge in [-0.25, -0.2) is 0 Å². The van der Waals surface area contributed by atoms with Crippen molar-refractivity contribution in [3.63, 3.8) is 0 Å². The molecule has 2 atom stereocenters. The molecule has 1 heteroatoms. The van der Waals surface area contributed by atoms with Gasteiger partial charge in [0.1, 0.15) is 0 Å². The van der Waals surface area contributed by atoms with Gasteiger partial charge >= 0.3 is 0 Å². The lowest BCUT2D eigenvalue weighted by atomic mass is 9.82. The second kappa shape index (κ2) is 4.97. The molecule has 0 fully saturated rings. The van der Waals surface area contributed by atoms with E-state index in [2.05, 4.69) is 46.8 Å². The Hall–Kier alpha value is -0.300. The summed E-state index contributed by atoms with van der Waals surface area (Å²) in [6.45, 7) is 11.5. The molecule has 0 aromatic carbocycles. The minimum atomic E-state index is 0.749. The van der Waals surface area contributed by atoms with Gasteiger partial charge in [-0.15, -0.1) is 11.3 Å². The Balaban J connectivity index is 2.88. The fourth-order valence-electron chi connectivity index (χ4n) is 2.15. The van der Waals surface area contributed by atoms with E-state index in [4.69, 9.17) is 0 Å². The van der Waals surface area contributed by atoms with Crippen molar-refractivity contribution in [3.8, 4) is 0 Å². The molecule has 0 N–H and O–H groups in total. The Bertz CT molecular complexity index is 273. The molecule has 1 heterocycles. The molecular weight excluding hydrogens is 188 g/mol. The van der Waals surface area contributed by atoms with Crippen LogP contribution in [0.3, 0.4) is 0 Å². The highest BCUT2D eigenvalue weighted by molar-refractivity contribution is 7.12. The number of aryl methyl sites for hydroxylation is 1. The smallest absolute Gasteiger partial charge is 0.00842 e. The van der Waals surface area contributed by atoms with Crippen LogP contribution in [-0.2, 0) is 0 Å². The summed E-state index contributed by atoms with van der Waals surface area (Å²) in [5, 5.41) is 0. The SMILES string of the molecule is CCC(C)C(c1ccc(C)s1)C(C)C. The molecular formula is C13H22S. The summed E-state index contributed by atoms with van der Waals surface area (Å²) in [6.07, 6.45) is 1.28. The van der Waals surface area contributed by atoms with Crippen molar-refractivity contribution in [3.05, 3.63) is 21.9 Å². The minimum absolute atomic E-state index is 0.749. The van der Waals surface area contributed by atoms with Gasteiger partial charge in [0.15, 0.2) is 0 Å². The number of hydrogen-bond donors (Lipinski definition) is 0. The summed E-state index contributed by atoms with van der Waals surface area (Å²) in [5.74, 6) is 2.30. The molecule has 0 spiro atoms. The Kier molecular flexibility index (Phi) is 4.18. The molecule has 2 unspecified atom stereocenters. The first-order valence-electron chi connectivity index (χ1n) is 5.62. The lowest BCUT2D eigenvalue weighted by Crippen LogP contribution is -2.13. The monoisotopic (exact) mass is 210 g/mol. The molecule has 0 aliphatic carbocycles. The number of thiophene rings is 1. The topological polar surface area (TPSA) is 0 Å². The van der Waals surface area contributed by atoms with Crippen molar-refractivity contribution in [1.82, 2.24) is 0 Å². The first kappa shape index (κ1) is 11.8. The van der Waals surface area contributed by atoms with Crippen LogP contribution in [0.2, 0.25) is 0 Å². The Morgan fingerprint density at radius 2 is 1.86 bits per heavy atom. The zero-order valence-electron chi connectivity index (χ0n) is 10.0. The summed E-state index contributed by atoms with van der Waals surface area (Å²) in [4.78, 5) is 3.01. The third-order valence-electron chi connectivity index (χ3n) is 3.06. The predicted molar refractivity (Wildman–Crippen MR) is 66.1 cm³/mol. The molecule has 0 saturated heterocycles. The van der Waals surface area contributed by atoms with Gasteiger partial charge in [0.25, 0.3) is 0 Å². The quantitative estimate of drug-likeness (QED) is 0.667. The van der Waals surface area contributed by atoms with Gasteiger partial charge in [-0.3, -0.25) is 0 Å². The number of hydrogen-bond acceptors (Lipinski definition) is 1. The van der Waals surface area contributed by atoms with Crippen molar-refractivity contribution in [2.45, 2.75) is 47.0 Å². The van der Waals surface area contributed by atoms with Crippen molar-refractivity contribution in [1.29, 1.82) is 0 Å². The van der Waals surface area contributed by atoms with E-state index in [1.54, 1.807) is 4.88 Å². The van der Waals surface area contributed by atoms with E-state index in [0.717, 1.165) is 17.8 Å². The molecule has 14 heavy (non-hydrogen) atoms. The maximum Gasteiger partial charge on any atom is 0.00842 e. The van der Waals surface area contributed by atoms with Crippen molar-refractivity contribution >= 4 is 11.3 Å². The molecule has 0 nitrogen and oxygen atoms in total. The molecule has 0 saturated carbocycles. The van der Waals surface area contributed by atoms with Gasteiger partial charge in [0.05, 0.1) is 0 Å². The van der Waals surface area contributed by atoms with Crippen LogP contribution < -0.4 is 0 Å². The minimum Gasteiger partial charge on any atom is -0.145 e. The van der Waals surface area contributed by atoms with Crippen molar-refractivity contribution in [2.24, 2.45) is 11.8 Å². The van der Waals surface area contributed by atoms with Crippen LogP contribution in [0.5, 0.6) is 0 Å². The molecule has 0 amide bonds. The molecule has 0 bridgehead atoms. The Labute approximate surface area is 92.4 Å². The van der Waals surface area contributed by atoms with E-state index in [1.165, 1.54) is 11.3 Å².